The number of unbranched alkanes of at least 4 members (excludes halogenated alkanes) is 1. The molecule has 0 atom stereocenters. The van der Waals surface area contributed by atoms with Crippen LogP contribution in [-0.4, -0.2) is 17.9 Å². The summed E-state index contributed by atoms with van der Waals surface area (Å²) in [6.45, 7) is 7.46. The van der Waals surface area contributed by atoms with Crippen molar-refractivity contribution in [1.29, 1.82) is 0 Å². The van der Waals surface area contributed by atoms with Crippen LogP contribution in [0.2, 0.25) is 0 Å². The molecule has 1 N–H and O–H groups in total. The van der Waals surface area contributed by atoms with E-state index in [1.165, 1.54) is 0 Å². The number of amides is 1. The molecule has 0 spiro atoms. The van der Waals surface area contributed by atoms with Crippen molar-refractivity contribution in [3.05, 3.63) is 0 Å². The van der Waals surface area contributed by atoms with Crippen molar-refractivity contribution >= 4 is 12.3 Å². The monoisotopic (exact) mass is 186 g/mol. The van der Waals surface area contributed by atoms with Gasteiger partial charge in [-0.3, -0.25) is 0 Å². The Morgan fingerprint density at radius 1 is 1.54 bits per heavy atom. The minimum atomic E-state index is -0.514. The van der Waals surface area contributed by atoms with Gasteiger partial charge in [-0.05, 0) is 27.2 Å². The first-order valence-electron chi connectivity index (χ1n) is 4.46. The second kappa shape index (κ2) is 5.56. The highest BCUT2D eigenvalue weighted by Gasteiger charge is 2.14. The Morgan fingerprint density at radius 3 is 2.62 bits per heavy atom. The van der Waals surface area contributed by atoms with Gasteiger partial charge < -0.3 is 4.74 Å². The van der Waals surface area contributed by atoms with E-state index in [-0.39, 0.29) is 0 Å². The molecule has 0 aromatic carbocycles. The summed E-state index contributed by atoms with van der Waals surface area (Å²) < 4.78 is 4.95. The van der Waals surface area contributed by atoms with Crippen LogP contribution in [-0.2, 0) is 4.74 Å². The maximum Gasteiger partial charge on any atom is 0.428 e. The van der Waals surface area contributed by atoms with Gasteiger partial charge in [0, 0.05) is 6.21 Å². The molecule has 4 heteroatoms. The summed E-state index contributed by atoms with van der Waals surface area (Å²) in [5.74, 6) is 0. The lowest BCUT2D eigenvalue weighted by molar-refractivity contribution is 0.0529. The molecule has 0 aliphatic heterocycles. The fraction of sp³-hybridized carbons (Fsp3) is 0.778. The van der Waals surface area contributed by atoms with Crippen LogP contribution >= 0.6 is 0 Å². The minimum Gasteiger partial charge on any atom is -0.443 e. The highest BCUT2D eigenvalue weighted by molar-refractivity contribution is 5.69. The number of carbonyl (C=O) groups is 1. The third kappa shape index (κ3) is 8.85. The van der Waals surface area contributed by atoms with E-state index in [1.807, 2.05) is 27.7 Å². The Hall–Kier alpha value is -1.06. The molecule has 0 radical (unpaired) electrons. The fourth-order valence-corrected chi connectivity index (χ4v) is 0.593. The molecule has 4 nitrogen and oxygen atoms in total. The Balaban J connectivity index is 3.64. The van der Waals surface area contributed by atoms with E-state index >= 15 is 0 Å². The Morgan fingerprint density at radius 2 is 2.15 bits per heavy atom. The summed E-state index contributed by atoms with van der Waals surface area (Å²) in [4.78, 5) is 11.0. The van der Waals surface area contributed by atoms with E-state index in [9.17, 15) is 4.79 Å². The molecule has 0 aromatic rings. The van der Waals surface area contributed by atoms with Gasteiger partial charge in [0.25, 0.3) is 0 Å². The van der Waals surface area contributed by atoms with E-state index in [0.717, 1.165) is 12.8 Å². The Bertz CT molecular complexity index is 183. The number of nitrogens with zero attached hydrogens (tertiary/aromatic N) is 1. The predicted octanol–water partition coefficient (Wildman–Crippen LogP) is 2.30. The number of rotatable bonds is 3. The van der Waals surface area contributed by atoms with Gasteiger partial charge in [0.05, 0.1) is 0 Å². The molecule has 0 fully saturated rings. The summed E-state index contributed by atoms with van der Waals surface area (Å²) in [6.07, 6.45) is 3.01. The van der Waals surface area contributed by atoms with Crippen molar-refractivity contribution < 1.29 is 9.53 Å². The molecule has 1 amide bonds. The van der Waals surface area contributed by atoms with E-state index in [2.05, 4.69) is 10.5 Å². The molecule has 0 aliphatic rings. The summed E-state index contributed by atoms with van der Waals surface area (Å²) in [5.41, 5.74) is 1.81. The van der Waals surface area contributed by atoms with E-state index in [1.54, 1.807) is 6.21 Å². The highest BCUT2D eigenvalue weighted by atomic mass is 16.6. The van der Waals surface area contributed by atoms with Crippen molar-refractivity contribution in [2.75, 3.05) is 0 Å². The van der Waals surface area contributed by atoms with Crippen LogP contribution in [0.3, 0.4) is 0 Å². The number of hydrogen-bond donors (Lipinski definition) is 1. The van der Waals surface area contributed by atoms with Gasteiger partial charge in [-0.1, -0.05) is 13.3 Å². The summed E-state index contributed by atoms with van der Waals surface area (Å²) >= 11 is 0. The zero-order chi connectivity index (χ0) is 10.3. The van der Waals surface area contributed by atoms with Gasteiger partial charge in [0.1, 0.15) is 5.60 Å². The van der Waals surface area contributed by atoms with Crippen LogP contribution in [0.5, 0.6) is 0 Å². The summed E-state index contributed by atoms with van der Waals surface area (Å²) in [5, 5.41) is 3.70. The van der Waals surface area contributed by atoms with Crippen molar-refractivity contribution in [3.63, 3.8) is 0 Å². The van der Waals surface area contributed by atoms with Crippen LogP contribution in [0.25, 0.3) is 0 Å². The lowest BCUT2D eigenvalue weighted by atomic mass is 10.2. The molecular formula is C9H18N2O2. The molecule has 0 rings (SSSR count). The zero-order valence-electron chi connectivity index (χ0n) is 8.76. The first kappa shape index (κ1) is 11.9. The first-order chi connectivity index (χ1) is 5.95. The molecule has 0 heterocycles. The standard InChI is InChI=1S/C9H18N2O2/c1-5-6-7-10-11-8(12)13-9(2,3)4/h7H,5-6H2,1-4H3,(H,11,12). The SMILES string of the molecule is CCCC=NNC(=O)OC(C)(C)C. The highest BCUT2D eigenvalue weighted by Crippen LogP contribution is 2.05. The number of carbonyl (C=O) groups excluding carboxylic acids is 1. The molecular weight excluding hydrogens is 168 g/mol. The number of hydrogen-bond acceptors (Lipinski definition) is 3. The first-order valence-corrected chi connectivity index (χ1v) is 4.46. The molecule has 13 heavy (non-hydrogen) atoms. The quantitative estimate of drug-likeness (QED) is 0.543. The van der Waals surface area contributed by atoms with E-state index < -0.39 is 11.7 Å². The smallest absolute Gasteiger partial charge is 0.428 e. The average Bonchev–Trinajstić information content (AvgIpc) is 1.94. The van der Waals surface area contributed by atoms with Gasteiger partial charge in [0.15, 0.2) is 0 Å². The zero-order valence-corrected chi connectivity index (χ0v) is 8.76. The van der Waals surface area contributed by atoms with Crippen molar-refractivity contribution in [2.45, 2.75) is 46.1 Å². The number of nitrogens with one attached hydrogen (secondary N) is 1. The largest absolute Gasteiger partial charge is 0.443 e. The predicted molar refractivity (Wildman–Crippen MR) is 52.8 cm³/mol. The molecule has 0 aromatic heterocycles. The summed E-state index contributed by atoms with van der Waals surface area (Å²) in [6, 6.07) is 0. The van der Waals surface area contributed by atoms with Crippen LogP contribution < -0.4 is 5.43 Å². The van der Waals surface area contributed by atoms with Crippen LogP contribution in [0, 0.1) is 0 Å². The normalized spacial score (nSPS) is 11.7. The molecule has 0 saturated heterocycles. The molecule has 0 unspecified atom stereocenters. The maximum absolute atomic E-state index is 11.0. The van der Waals surface area contributed by atoms with Crippen molar-refractivity contribution in [2.24, 2.45) is 5.10 Å². The Kier molecular flexibility index (Phi) is 5.11. The van der Waals surface area contributed by atoms with Crippen LogP contribution in [0.1, 0.15) is 40.5 Å². The van der Waals surface area contributed by atoms with Gasteiger partial charge in [-0.2, -0.15) is 5.10 Å². The minimum absolute atomic E-state index is 0.468. The number of hydrazone groups is 1. The van der Waals surface area contributed by atoms with Gasteiger partial charge in [-0.25, -0.2) is 10.2 Å². The van der Waals surface area contributed by atoms with Crippen LogP contribution in [0.4, 0.5) is 4.79 Å². The van der Waals surface area contributed by atoms with Gasteiger partial charge in [0.2, 0.25) is 0 Å². The lowest BCUT2D eigenvalue weighted by Gasteiger charge is -2.18. The number of ether oxygens (including phenoxy) is 1. The van der Waals surface area contributed by atoms with E-state index in [0.29, 0.717) is 0 Å². The molecule has 76 valence electrons. The molecule has 0 bridgehead atoms. The van der Waals surface area contributed by atoms with Gasteiger partial charge in [-0.15, -0.1) is 0 Å². The third-order valence-electron chi connectivity index (χ3n) is 1.06. The molecule has 0 saturated carbocycles. The topological polar surface area (TPSA) is 50.7 Å². The molecule has 0 aliphatic carbocycles. The third-order valence-corrected chi connectivity index (χ3v) is 1.06. The fourth-order valence-electron chi connectivity index (χ4n) is 0.593. The second-order valence-corrected chi connectivity index (χ2v) is 3.71. The van der Waals surface area contributed by atoms with E-state index in [4.69, 9.17) is 4.74 Å². The maximum atomic E-state index is 11.0. The van der Waals surface area contributed by atoms with Crippen LogP contribution in [0.15, 0.2) is 5.10 Å². The summed E-state index contributed by atoms with van der Waals surface area (Å²) in [7, 11) is 0. The average molecular weight is 186 g/mol. The second-order valence-electron chi connectivity index (χ2n) is 3.71. The lowest BCUT2D eigenvalue weighted by Crippen LogP contribution is -2.29. The van der Waals surface area contributed by atoms with Gasteiger partial charge >= 0.3 is 6.09 Å². The van der Waals surface area contributed by atoms with Crippen molar-refractivity contribution in [1.82, 2.24) is 5.43 Å². The van der Waals surface area contributed by atoms with Crippen molar-refractivity contribution in [3.8, 4) is 0 Å². The Labute approximate surface area is 79.3 Å².